The molecule has 3 heteroatoms. The molecule has 104 valence electrons. The lowest BCUT2D eigenvalue weighted by Gasteiger charge is -2.33. The van der Waals surface area contributed by atoms with Gasteiger partial charge in [0.1, 0.15) is 5.60 Å². The Morgan fingerprint density at radius 1 is 1.10 bits per heavy atom. The van der Waals surface area contributed by atoms with E-state index in [2.05, 4.69) is 29.4 Å². The monoisotopic (exact) mass is 268 g/mol. The number of benzene rings is 1. The zero-order valence-corrected chi connectivity index (χ0v) is 11.8. The van der Waals surface area contributed by atoms with Crippen LogP contribution in [0.25, 0.3) is 0 Å². The van der Waals surface area contributed by atoms with Crippen LogP contribution in [0.3, 0.4) is 0 Å². The van der Waals surface area contributed by atoms with E-state index in [0.717, 1.165) is 31.4 Å². The van der Waals surface area contributed by atoms with Crippen LogP contribution in [0.1, 0.15) is 29.7 Å². The normalized spacial score (nSPS) is 31.9. The zero-order valence-electron chi connectivity index (χ0n) is 11.8. The van der Waals surface area contributed by atoms with Gasteiger partial charge in [-0.25, -0.2) is 0 Å². The number of aliphatic hydroxyl groups is 1. The third-order valence-electron chi connectivity index (χ3n) is 5.39. The summed E-state index contributed by atoms with van der Waals surface area (Å²) in [4.78, 5) is 0. The first-order valence-corrected chi connectivity index (χ1v) is 7.47. The van der Waals surface area contributed by atoms with Crippen LogP contribution in [0, 0.1) is 11.8 Å². The van der Waals surface area contributed by atoms with Crippen molar-refractivity contribution in [2.24, 2.45) is 18.9 Å². The molecule has 2 aromatic rings. The highest BCUT2D eigenvalue weighted by atomic mass is 16.3. The maximum atomic E-state index is 11.5. The van der Waals surface area contributed by atoms with Gasteiger partial charge in [0.25, 0.3) is 0 Å². The Morgan fingerprint density at radius 2 is 1.70 bits per heavy atom. The van der Waals surface area contributed by atoms with Crippen LogP contribution >= 0.6 is 0 Å². The number of aryl methyl sites for hydroxylation is 1. The predicted octanol–water partition coefficient (Wildman–Crippen LogP) is 2.43. The number of aromatic nitrogens is 2. The standard InChI is InChI=1S/C17H20N2O/c1-19-16(8-9-18-19)17(20)14-6-7-15(17)11-13-5-3-2-4-12(13)10-14/h2-5,8-9,14-15,20H,6-7,10-11H2,1H3. The van der Waals surface area contributed by atoms with Gasteiger partial charge >= 0.3 is 0 Å². The van der Waals surface area contributed by atoms with Gasteiger partial charge in [0, 0.05) is 13.2 Å². The molecule has 20 heavy (non-hydrogen) atoms. The summed E-state index contributed by atoms with van der Waals surface area (Å²) in [6, 6.07) is 10.7. The molecule has 0 saturated heterocycles. The largest absolute Gasteiger partial charge is 0.383 e. The van der Waals surface area contributed by atoms with Crippen molar-refractivity contribution in [1.29, 1.82) is 0 Å². The lowest BCUT2D eigenvalue weighted by Crippen LogP contribution is -2.39. The van der Waals surface area contributed by atoms with E-state index in [-0.39, 0.29) is 0 Å². The minimum Gasteiger partial charge on any atom is -0.383 e. The predicted molar refractivity (Wildman–Crippen MR) is 77.2 cm³/mol. The lowest BCUT2D eigenvalue weighted by atomic mass is 9.79. The van der Waals surface area contributed by atoms with Gasteiger partial charge in [-0.3, -0.25) is 4.68 Å². The molecule has 0 amide bonds. The van der Waals surface area contributed by atoms with Gasteiger partial charge in [-0.1, -0.05) is 24.3 Å². The van der Waals surface area contributed by atoms with E-state index in [4.69, 9.17) is 0 Å². The maximum absolute atomic E-state index is 11.5. The van der Waals surface area contributed by atoms with E-state index >= 15 is 0 Å². The molecule has 1 aromatic heterocycles. The molecule has 1 N–H and O–H groups in total. The molecule has 2 atom stereocenters. The Hall–Kier alpha value is -1.61. The summed E-state index contributed by atoms with van der Waals surface area (Å²) in [7, 11) is 1.94. The lowest BCUT2D eigenvalue weighted by molar-refractivity contribution is -0.0464. The zero-order chi connectivity index (χ0) is 13.7. The van der Waals surface area contributed by atoms with Crippen molar-refractivity contribution < 1.29 is 5.11 Å². The Morgan fingerprint density at radius 3 is 2.20 bits per heavy atom. The molecule has 3 nitrogen and oxygen atoms in total. The minimum atomic E-state index is -0.718. The van der Waals surface area contributed by atoms with Crippen LogP contribution in [-0.2, 0) is 25.5 Å². The Kier molecular flexibility index (Phi) is 2.55. The van der Waals surface area contributed by atoms with Crippen LogP contribution in [0.4, 0.5) is 0 Å². The van der Waals surface area contributed by atoms with Gasteiger partial charge in [-0.15, -0.1) is 0 Å². The van der Waals surface area contributed by atoms with Crippen molar-refractivity contribution in [3.05, 3.63) is 53.3 Å². The van der Waals surface area contributed by atoms with Crippen molar-refractivity contribution in [3.8, 4) is 0 Å². The summed E-state index contributed by atoms with van der Waals surface area (Å²) in [5, 5.41) is 15.8. The first kappa shape index (κ1) is 12.2. The highest BCUT2D eigenvalue weighted by Crippen LogP contribution is 2.52. The minimum absolute atomic E-state index is 0.312. The van der Waals surface area contributed by atoms with Gasteiger partial charge in [0.15, 0.2) is 0 Å². The van der Waals surface area contributed by atoms with Crippen molar-refractivity contribution in [2.75, 3.05) is 0 Å². The first-order valence-electron chi connectivity index (χ1n) is 7.47. The quantitative estimate of drug-likeness (QED) is 0.862. The Bertz CT molecular complexity index is 613. The fourth-order valence-electron chi connectivity index (χ4n) is 4.36. The first-order chi connectivity index (χ1) is 9.69. The van der Waals surface area contributed by atoms with Gasteiger partial charge in [0.2, 0.25) is 0 Å². The summed E-state index contributed by atoms with van der Waals surface area (Å²) in [5.74, 6) is 0.623. The summed E-state index contributed by atoms with van der Waals surface area (Å²) >= 11 is 0. The maximum Gasteiger partial charge on any atom is 0.112 e. The Labute approximate surface area is 119 Å². The molecule has 1 heterocycles. The summed E-state index contributed by atoms with van der Waals surface area (Å²) < 4.78 is 1.85. The summed E-state index contributed by atoms with van der Waals surface area (Å²) in [5.41, 5.74) is 3.10. The number of rotatable bonds is 1. The van der Waals surface area contributed by atoms with E-state index < -0.39 is 5.60 Å². The van der Waals surface area contributed by atoms with Crippen molar-refractivity contribution in [3.63, 3.8) is 0 Å². The SMILES string of the molecule is Cn1nccc1C1(O)C2CCC1Cc1ccccc1C2. The molecule has 2 bridgehead atoms. The van der Waals surface area contributed by atoms with Crippen LogP contribution in [0.5, 0.6) is 0 Å². The number of hydrogen-bond acceptors (Lipinski definition) is 2. The fourth-order valence-corrected chi connectivity index (χ4v) is 4.36. The fraction of sp³-hybridized carbons (Fsp3) is 0.471. The average molecular weight is 268 g/mol. The molecule has 0 radical (unpaired) electrons. The molecule has 2 unspecified atom stereocenters. The van der Waals surface area contributed by atoms with Gasteiger partial charge in [-0.05, 0) is 54.7 Å². The second-order valence-corrected chi connectivity index (χ2v) is 6.31. The van der Waals surface area contributed by atoms with Crippen LogP contribution in [0.2, 0.25) is 0 Å². The highest BCUT2D eigenvalue weighted by molar-refractivity contribution is 5.33. The molecule has 1 saturated carbocycles. The van der Waals surface area contributed by atoms with Gasteiger partial charge in [0.05, 0.1) is 5.69 Å². The van der Waals surface area contributed by atoms with E-state index in [9.17, 15) is 5.11 Å². The third kappa shape index (κ3) is 1.53. The average Bonchev–Trinajstić information content (AvgIpc) is 2.94. The molecule has 0 spiro atoms. The van der Waals surface area contributed by atoms with E-state index in [1.165, 1.54) is 11.1 Å². The molecule has 4 rings (SSSR count). The molecule has 2 aliphatic carbocycles. The number of nitrogens with zero attached hydrogens (tertiary/aromatic N) is 2. The van der Waals surface area contributed by atoms with Crippen molar-refractivity contribution in [2.45, 2.75) is 31.3 Å². The molecular weight excluding hydrogens is 248 g/mol. The van der Waals surface area contributed by atoms with E-state index in [0.29, 0.717) is 11.8 Å². The van der Waals surface area contributed by atoms with E-state index in [1.54, 1.807) is 6.20 Å². The van der Waals surface area contributed by atoms with Crippen molar-refractivity contribution >= 4 is 0 Å². The second kappa shape index (κ2) is 4.19. The topological polar surface area (TPSA) is 38.0 Å². The third-order valence-corrected chi connectivity index (χ3v) is 5.39. The van der Waals surface area contributed by atoms with Crippen LogP contribution in [-0.4, -0.2) is 14.9 Å². The molecule has 1 fully saturated rings. The molecule has 0 aliphatic heterocycles. The smallest absolute Gasteiger partial charge is 0.112 e. The van der Waals surface area contributed by atoms with Crippen LogP contribution in [0.15, 0.2) is 36.5 Å². The number of hydrogen-bond donors (Lipinski definition) is 1. The molecule has 2 aliphatic rings. The molecular formula is C17H20N2O. The second-order valence-electron chi connectivity index (χ2n) is 6.31. The summed E-state index contributed by atoms with van der Waals surface area (Å²) in [6.45, 7) is 0. The van der Waals surface area contributed by atoms with Crippen LogP contribution < -0.4 is 0 Å². The van der Waals surface area contributed by atoms with Crippen molar-refractivity contribution in [1.82, 2.24) is 9.78 Å². The van der Waals surface area contributed by atoms with E-state index in [1.807, 2.05) is 17.8 Å². The Balaban J connectivity index is 1.83. The van der Waals surface area contributed by atoms with Gasteiger partial charge in [-0.2, -0.15) is 5.10 Å². The summed E-state index contributed by atoms with van der Waals surface area (Å²) in [6.07, 6.45) is 5.98. The van der Waals surface area contributed by atoms with Gasteiger partial charge < -0.3 is 5.11 Å². The molecule has 1 aromatic carbocycles. The number of fused-ring (bicyclic) bond motifs is 3. The highest BCUT2D eigenvalue weighted by Gasteiger charge is 2.52.